The Morgan fingerprint density at radius 2 is 0.848 bits per heavy atom. The van der Waals surface area contributed by atoms with Crippen LogP contribution in [0.4, 0.5) is 17.1 Å². The predicted molar refractivity (Wildman–Crippen MR) is 201 cm³/mol. The maximum atomic E-state index is 2.43. The van der Waals surface area contributed by atoms with Gasteiger partial charge < -0.3 is 4.90 Å². The van der Waals surface area contributed by atoms with Crippen LogP contribution < -0.4 is 41.6 Å². The number of hydrogen-bond acceptors (Lipinski definition) is 2. The van der Waals surface area contributed by atoms with Crippen LogP contribution in [0, 0.1) is 0 Å². The summed E-state index contributed by atoms with van der Waals surface area (Å²) >= 11 is 1.85. The summed E-state index contributed by atoms with van der Waals surface area (Å²) in [5.74, 6) is 0. The van der Waals surface area contributed by atoms with Gasteiger partial charge in [-0.25, -0.2) is 0 Å². The fourth-order valence-corrected chi connectivity index (χ4v) is 17.4. The van der Waals surface area contributed by atoms with Gasteiger partial charge in [0.2, 0.25) is 0 Å². The quantitative estimate of drug-likeness (QED) is 0.150. The normalized spacial score (nSPS) is 14.5. The molecule has 0 bridgehead atoms. The molecule has 0 fully saturated rings. The predicted octanol–water partition coefficient (Wildman–Crippen LogP) is 7.07. The molecule has 2 aliphatic heterocycles. The van der Waals surface area contributed by atoms with Crippen LogP contribution in [-0.2, 0) is 0 Å². The van der Waals surface area contributed by atoms with Crippen LogP contribution in [-0.4, -0.2) is 8.07 Å². The van der Waals surface area contributed by atoms with Crippen molar-refractivity contribution in [1.29, 1.82) is 0 Å². The van der Waals surface area contributed by atoms with Gasteiger partial charge in [0, 0.05) is 15.5 Å². The Balaban J connectivity index is 1.23. The fourth-order valence-electron chi connectivity index (χ4n) is 7.42. The van der Waals surface area contributed by atoms with Crippen molar-refractivity contribution < 1.29 is 0 Å². The number of benzene rings is 7. The molecule has 2 heterocycles. The molecular formula is C42H30NPSSi. The highest BCUT2D eigenvalue weighted by atomic mass is 32.2. The van der Waals surface area contributed by atoms with E-state index in [1.165, 1.54) is 63.5 Å². The summed E-state index contributed by atoms with van der Waals surface area (Å²) in [4.78, 5) is 4.99. The van der Waals surface area contributed by atoms with E-state index in [2.05, 4.69) is 187 Å². The fraction of sp³-hybridized carbons (Fsp3) is 0. The zero-order valence-corrected chi connectivity index (χ0v) is 27.8. The third-order valence-corrected chi connectivity index (χ3v) is 18.3. The van der Waals surface area contributed by atoms with Gasteiger partial charge in [-0.1, -0.05) is 157 Å². The highest BCUT2D eigenvalue weighted by Crippen LogP contribution is 2.51. The summed E-state index contributed by atoms with van der Waals surface area (Å²) < 4.78 is 0. The van der Waals surface area contributed by atoms with Gasteiger partial charge in [-0.15, -0.1) is 0 Å². The van der Waals surface area contributed by atoms with Crippen molar-refractivity contribution in [3.8, 4) is 0 Å². The first-order chi connectivity index (χ1) is 22.8. The molecule has 0 N–H and O–H groups in total. The van der Waals surface area contributed by atoms with E-state index in [1.807, 2.05) is 11.8 Å². The Bertz CT molecular complexity index is 2070. The van der Waals surface area contributed by atoms with E-state index in [9.17, 15) is 0 Å². The Morgan fingerprint density at radius 3 is 1.37 bits per heavy atom. The minimum atomic E-state index is -2.56. The molecular weight excluding hydrogens is 610 g/mol. The van der Waals surface area contributed by atoms with Crippen molar-refractivity contribution in [3.63, 3.8) is 0 Å². The first-order valence-corrected chi connectivity index (χ1v) is 19.9. The minimum Gasteiger partial charge on any atom is -0.308 e. The molecule has 0 atom stereocenters. The standard InChI is InChI=1S/C42H30NPSSi/c1-3-15-33(16-4-1)46(34-17-5-2-6-18-34)41-25-13-9-21-37(41)44(38-22-10-14-26-42(38)46)32-29-27-31(28-30-32)43-35-19-7-11-23-39(35)45-40-24-12-8-20-36(40)43/h1-30H. The molecule has 0 saturated heterocycles. The molecule has 7 aromatic rings. The van der Waals surface area contributed by atoms with Crippen molar-refractivity contribution >= 4 is 81.5 Å². The molecule has 0 unspecified atom stereocenters. The first kappa shape index (κ1) is 27.6. The lowest BCUT2D eigenvalue weighted by Gasteiger charge is -2.43. The van der Waals surface area contributed by atoms with Crippen LogP contribution in [0.15, 0.2) is 192 Å². The van der Waals surface area contributed by atoms with Crippen LogP contribution in [0.5, 0.6) is 0 Å². The van der Waals surface area contributed by atoms with Crippen LogP contribution in [0.1, 0.15) is 0 Å². The third-order valence-electron chi connectivity index (χ3n) is 9.31. The lowest BCUT2D eigenvalue weighted by molar-refractivity contribution is 1.17. The molecule has 4 heteroatoms. The highest BCUT2D eigenvalue weighted by molar-refractivity contribution is 7.99. The highest BCUT2D eigenvalue weighted by Gasteiger charge is 2.48. The van der Waals surface area contributed by atoms with Crippen LogP contribution >= 0.6 is 19.7 Å². The lowest BCUT2D eigenvalue weighted by atomic mass is 10.2. The number of rotatable bonds is 4. The molecule has 9 rings (SSSR count). The van der Waals surface area contributed by atoms with E-state index in [-0.39, 0.29) is 0 Å². The Hall–Kier alpha value is -4.66. The zero-order chi connectivity index (χ0) is 30.5. The summed E-state index contributed by atoms with van der Waals surface area (Å²) in [6.45, 7) is 0. The van der Waals surface area contributed by atoms with Crippen molar-refractivity contribution in [2.24, 2.45) is 0 Å². The molecule has 0 aliphatic carbocycles. The minimum absolute atomic E-state index is 0.761. The van der Waals surface area contributed by atoms with Crippen molar-refractivity contribution in [2.45, 2.75) is 9.79 Å². The largest absolute Gasteiger partial charge is 0.308 e. The molecule has 0 saturated carbocycles. The second kappa shape index (κ2) is 11.3. The van der Waals surface area contributed by atoms with Crippen LogP contribution in [0.25, 0.3) is 0 Å². The SMILES string of the molecule is c1ccc([Si]2(c3ccccc3)c3ccccc3P(c3ccc(N4c5ccccc5Sc5ccccc54)cc3)c3ccccc32)cc1. The van der Waals surface area contributed by atoms with E-state index >= 15 is 0 Å². The Morgan fingerprint density at radius 1 is 0.413 bits per heavy atom. The van der Waals surface area contributed by atoms with Crippen LogP contribution in [0.2, 0.25) is 0 Å². The maximum Gasteiger partial charge on any atom is 0.180 e. The monoisotopic (exact) mass is 639 g/mol. The summed E-state index contributed by atoms with van der Waals surface area (Å²) in [6.07, 6.45) is 0. The molecule has 46 heavy (non-hydrogen) atoms. The number of anilines is 3. The Kier molecular flexibility index (Phi) is 6.78. The number of fused-ring (bicyclic) bond motifs is 4. The number of nitrogens with zero attached hydrogens (tertiary/aromatic N) is 1. The molecule has 0 aromatic heterocycles. The van der Waals surface area contributed by atoms with Gasteiger partial charge in [0.05, 0.1) is 11.4 Å². The van der Waals surface area contributed by atoms with Gasteiger partial charge in [0.25, 0.3) is 0 Å². The van der Waals surface area contributed by atoms with E-state index in [1.54, 1.807) is 0 Å². The van der Waals surface area contributed by atoms with E-state index < -0.39 is 16.0 Å². The zero-order valence-electron chi connectivity index (χ0n) is 25.1. The van der Waals surface area contributed by atoms with Gasteiger partial charge in [0.1, 0.15) is 0 Å². The molecule has 1 nitrogen and oxygen atoms in total. The number of hydrogen-bond donors (Lipinski definition) is 0. The molecule has 218 valence electrons. The van der Waals surface area contributed by atoms with E-state index in [0.717, 1.165) is 0 Å². The Labute approximate surface area is 277 Å². The molecule has 0 spiro atoms. The van der Waals surface area contributed by atoms with Crippen molar-refractivity contribution in [1.82, 2.24) is 0 Å². The van der Waals surface area contributed by atoms with Gasteiger partial charge >= 0.3 is 0 Å². The maximum absolute atomic E-state index is 2.56. The topological polar surface area (TPSA) is 3.24 Å². The van der Waals surface area contributed by atoms with Gasteiger partial charge in [-0.3, -0.25) is 0 Å². The average molecular weight is 640 g/mol. The smallest absolute Gasteiger partial charge is 0.180 e. The second-order valence-electron chi connectivity index (χ2n) is 11.7. The number of para-hydroxylation sites is 2. The van der Waals surface area contributed by atoms with Crippen LogP contribution in [0.3, 0.4) is 0 Å². The average Bonchev–Trinajstić information content (AvgIpc) is 3.14. The molecule has 2 aliphatic rings. The van der Waals surface area contributed by atoms with Gasteiger partial charge in [-0.05, 0) is 81.0 Å². The third kappa shape index (κ3) is 4.20. The lowest BCUT2D eigenvalue weighted by Crippen LogP contribution is -2.81. The second-order valence-corrected chi connectivity index (χ2v) is 18.7. The molecule has 7 aromatic carbocycles. The first-order valence-electron chi connectivity index (χ1n) is 15.7. The summed E-state index contributed by atoms with van der Waals surface area (Å²) in [6, 6.07) is 68.2. The van der Waals surface area contributed by atoms with Gasteiger partial charge in [0.15, 0.2) is 8.07 Å². The van der Waals surface area contributed by atoms with Gasteiger partial charge in [-0.2, -0.15) is 0 Å². The molecule has 0 radical (unpaired) electrons. The van der Waals surface area contributed by atoms with E-state index in [0.29, 0.717) is 0 Å². The summed E-state index contributed by atoms with van der Waals surface area (Å²) in [5, 5.41) is 10.2. The van der Waals surface area contributed by atoms with Crippen molar-refractivity contribution in [2.75, 3.05) is 4.90 Å². The molecule has 0 amide bonds. The van der Waals surface area contributed by atoms with Crippen molar-refractivity contribution in [3.05, 3.63) is 182 Å². The summed E-state index contributed by atoms with van der Waals surface area (Å²) in [7, 11) is -3.32. The van der Waals surface area contributed by atoms with E-state index in [4.69, 9.17) is 0 Å². The summed E-state index contributed by atoms with van der Waals surface area (Å²) in [5.41, 5.74) is 3.66.